The van der Waals surface area contributed by atoms with Crippen LogP contribution in [0.25, 0.3) is 0 Å². The summed E-state index contributed by atoms with van der Waals surface area (Å²) in [6.45, 7) is 8.16. The Morgan fingerprint density at radius 2 is 1.43 bits per heavy atom. The number of carboxylic acids is 1. The number of fused-ring (bicyclic) bond motifs is 7. The molecule has 3 N–H and O–H groups in total. The lowest BCUT2D eigenvalue weighted by Crippen LogP contribution is -2.94. The van der Waals surface area contributed by atoms with Crippen LogP contribution >= 0.6 is 0 Å². The van der Waals surface area contributed by atoms with Crippen molar-refractivity contribution in [2.75, 3.05) is 19.9 Å². The zero-order valence-electron chi connectivity index (χ0n) is 40.5. The Labute approximate surface area is 405 Å². The van der Waals surface area contributed by atoms with Gasteiger partial charge in [0.05, 0.1) is 38.1 Å². The Balaban J connectivity index is 0.715. The zero-order chi connectivity index (χ0) is 48.5. The van der Waals surface area contributed by atoms with Gasteiger partial charge in [0.15, 0.2) is 0 Å². The molecule has 0 aromatic heterocycles. The fourth-order valence-electron chi connectivity index (χ4n) is 17.0. The molecule has 10 rings (SSSR count). The number of esters is 3. The number of aliphatic carboxylic acids is 1. The van der Waals surface area contributed by atoms with Gasteiger partial charge in [-0.3, -0.25) is 14.4 Å². The van der Waals surface area contributed by atoms with Crippen LogP contribution in [0.2, 0.25) is 0 Å². The monoisotopic (exact) mass is 954 g/mol. The van der Waals surface area contributed by atoms with E-state index in [2.05, 4.69) is 20.8 Å². The standard InChI is InChI=1S/C55H71NO13/c1-33(16-19-46(59)60)38-17-18-39-49-40(30-44(58)53(38,39)3)52(2)24-22-37(28-36(52)29-41(49)57)67-48(62)21-20-47(61)65-32-66-51(64)69-55(34-12-6-4-7-13-34,35-14-8-5-9-15-35)50(63)68-45-31-43-54(45)25-23-42(54)56(43)26-10-11-27-56/h4-9,12-15,33,36-45,49,57-58H,10-11,16-32H2,1-3H3/p+1/t33-,36?,37-,38?,39?,40?,41?,42?,43?,44+,45?,49?,52+,53-,54?/m1/s1. The van der Waals surface area contributed by atoms with Crippen LogP contribution in [-0.4, -0.2) is 106 Å². The SMILES string of the molecule is C[C@H](CCC(=O)O)C1CCC2C3C(O)CC4C[C@H](OC(=O)CCC(=O)OCOC(=O)OC(C(=O)OC5CC6C57CCC7[N+]65CCCC5)(c5ccccc5)c5ccccc5)CC[C@]4(C)C3C[C@H](O)[C@@]21C. The second-order valence-corrected chi connectivity index (χ2v) is 23.0. The molecule has 15 atom stereocenters. The van der Waals surface area contributed by atoms with Crippen LogP contribution in [0.15, 0.2) is 60.7 Å². The quantitative estimate of drug-likeness (QED) is 0.0678. The number of nitrogens with zero attached hydrogens (tertiary/aromatic N) is 1. The first kappa shape index (κ1) is 48.1. The maximum Gasteiger partial charge on any atom is 0.513 e. The number of ether oxygens (including phenoxy) is 5. The first-order valence-electron chi connectivity index (χ1n) is 26.0. The predicted octanol–water partition coefficient (Wildman–Crippen LogP) is 7.83. The fourth-order valence-corrected chi connectivity index (χ4v) is 17.0. The molecule has 0 amide bonds. The highest BCUT2D eigenvalue weighted by atomic mass is 16.8. The number of hydrogen-bond acceptors (Lipinski definition) is 12. The van der Waals surface area contributed by atoms with E-state index in [-0.39, 0.29) is 83.2 Å². The van der Waals surface area contributed by atoms with Crippen LogP contribution in [-0.2, 0) is 48.5 Å². The maximum atomic E-state index is 14.7. The van der Waals surface area contributed by atoms with Gasteiger partial charge in [-0.25, -0.2) is 9.59 Å². The molecule has 0 radical (unpaired) electrons. The Morgan fingerprint density at radius 3 is 2.07 bits per heavy atom. The smallest absolute Gasteiger partial charge is 0.481 e. The van der Waals surface area contributed by atoms with E-state index in [0.717, 1.165) is 38.5 Å². The van der Waals surface area contributed by atoms with E-state index < -0.39 is 54.6 Å². The van der Waals surface area contributed by atoms with Crippen molar-refractivity contribution in [2.24, 2.45) is 51.8 Å². The molecule has 14 nitrogen and oxygen atoms in total. The number of aliphatic hydroxyl groups excluding tert-OH is 2. The Kier molecular flexibility index (Phi) is 12.7. The molecule has 6 aliphatic carbocycles. The van der Waals surface area contributed by atoms with E-state index in [9.17, 15) is 39.3 Å². The van der Waals surface area contributed by atoms with Gasteiger partial charge < -0.3 is 43.5 Å². The van der Waals surface area contributed by atoms with Crippen LogP contribution in [0.4, 0.5) is 4.79 Å². The van der Waals surface area contributed by atoms with E-state index in [1.165, 1.54) is 30.4 Å². The van der Waals surface area contributed by atoms with Crippen LogP contribution in [0.3, 0.4) is 0 Å². The highest BCUT2D eigenvalue weighted by Crippen LogP contribution is 2.74. The molecule has 8 fully saturated rings. The Bertz CT molecular complexity index is 2220. The van der Waals surface area contributed by atoms with Crippen LogP contribution in [0, 0.1) is 51.8 Å². The van der Waals surface area contributed by atoms with Gasteiger partial charge in [0.25, 0.3) is 5.60 Å². The molecule has 10 unspecified atom stereocenters. The first-order chi connectivity index (χ1) is 33.1. The third-order valence-corrected chi connectivity index (χ3v) is 20.4. The molecule has 374 valence electrons. The third kappa shape index (κ3) is 7.70. The van der Waals surface area contributed by atoms with E-state index >= 15 is 0 Å². The summed E-state index contributed by atoms with van der Waals surface area (Å²) in [6.07, 6.45) is 7.58. The highest BCUT2D eigenvalue weighted by molar-refractivity contribution is 5.88. The van der Waals surface area contributed by atoms with Crippen molar-refractivity contribution in [3.05, 3.63) is 71.8 Å². The van der Waals surface area contributed by atoms with Gasteiger partial charge in [0.1, 0.15) is 29.7 Å². The number of carboxylic acid groups (broad SMARTS) is 1. The minimum absolute atomic E-state index is 0.0155. The van der Waals surface area contributed by atoms with Crippen LogP contribution in [0.5, 0.6) is 0 Å². The molecule has 8 aliphatic rings. The molecular weight excluding hydrogens is 883 g/mol. The minimum atomic E-state index is -2.00. The maximum absolute atomic E-state index is 14.7. The van der Waals surface area contributed by atoms with Crippen LogP contribution < -0.4 is 0 Å². The summed E-state index contributed by atoms with van der Waals surface area (Å²) < 4.78 is 30.1. The van der Waals surface area contributed by atoms with Gasteiger partial charge in [-0.2, -0.15) is 0 Å². The average molecular weight is 955 g/mol. The first-order valence-corrected chi connectivity index (χ1v) is 26.0. The number of rotatable bonds is 15. The lowest BCUT2D eigenvalue weighted by atomic mass is 9.39. The largest absolute Gasteiger partial charge is 0.513 e. The Hall–Kier alpha value is -4.53. The molecule has 2 saturated heterocycles. The van der Waals surface area contributed by atoms with Gasteiger partial charge in [-0.05, 0) is 104 Å². The van der Waals surface area contributed by atoms with Gasteiger partial charge >= 0.3 is 30.0 Å². The topological polar surface area (TPSA) is 192 Å². The summed E-state index contributed by atoms with van der Waals surface area (Å²) in [4.78, 5) is 65.7. The van der Waals surface area contributed by atoms with E-state index in [0.29, 0.717) is 55.3 Å². The van der Waals surface area contributed by atoms with E-state index in [4.69, 9.17) is 23.7 Å². The predicted molar refractivity (Wildman–Crippen MR) is 248 cm³/mol. The van der Waals surface area contributed by atoms with Crippen molar-refractivity contribution >= 4 is 30.0 Å². The number of piperidine rings is 2. The molecule has 2 heterocycles. The average Bonchev–Trinajstić information content (AvgIpc) is 3.95. The van der Waals surface area contributed by atoms with Crippen molar-refractivity contribution in [1.29, 1.82) is 0 Å². The summed E-state index contributed by atoms with van der Waals surface area (Å²) in [5.74, 6) is -2.10. The van der Waals surface area contributed by atoms with E-state index in [1.807, 2.05) is 0 Å². The molecule has 0 bridgehead atoms. The van der Waals surface area contributed by atoms with Gasteiger partial charge in [0.2, 0.25) is 6.79 Å². The van der Waals surface area contributed by atoms with Crippen molar-refractivity contribution in [3.8, 4) is 0 Å². The second-order valence-electron chi connectivity index (χ2n) is 23.0. The molecule has 14 heteroatoms. The Morgan fingerprint density at radius 1 is 0.754 bits per heavy atom. The normalized spacial score (nSPS) is 38.1. The van der Waals surface area contributed by atoms with Crippen molar-refractivity contribution in [3.63, 3.8) is 0 Å². The molecule has 69 heavy (non-hydrogen) atoms. The fraction of sp³-hybridized carbons (Fsp3) is 0.691. The third-order valence-electron chi connectivity index (χ3n) is 20.4. The summed E-state index contributed by atoms with van der Waals surface area (Å²) in [5.41, 5.74) is -1.78. The molecular formula is C55H72NO13+. The molecule has 6 saturated carbocycles. The number of quaternary nitrogens is 1. The van der Waals surface area contributed by atoms with Crippen molar-refractivity contribution in [2.45, 2.75) is 166 Å². The summed E-state index contributed by atoms with van der Waals surface area (Å²) >= 11 is 0. The molecule has 2 aliphatic heterocycles. The number of carbonyl (C=O) groups is 5. The highest BCUT2D eigenvalue weighted by Gasteiger charge is 2.86. The zero-order valence-corrected chi connectivity index (χ0v) is 40.5. The summed E-state index contributed by atoms with van der Waals surface area (Å²) in [7, 11) is 0. The van der Waals surface area contributed by atoms with Gasteiger partial charge in [0, 0.05) is 43.2 Å². The lowest BCUT2D eigenvalue weighted by molar-refractivity contribution is -1.05. The number of hydrogen-bond donors (Lipinski definition) is 3. The van der Waals surface area contributed by atoms with Crippen molar-refractivity contribution in [1.82, 2.24) is 0 Å². The number of benzene rings is 2. The van der Waals surface area contributed by atoms with Gasteiger partial charge in [-0.15, -0.1) is 0 Å². The molecule has 2 spiro atoms. The van der Waals surface area contributed by atoms with Crippen molar-refractivity contribution < 1.29 is 67.5 Å². The lowest BCUT2D eigenvalue weighted by Gasteiger charge is -2.80. The minimum Gasteiger partial charge on any atom is -0.481 e. The van der Waals surface area contributed by atoms with E-state index in [1.54, 1.807) is 60.7 Å². The van der Waals surface area contributed by atoms with Gasteiger partial charge in [-0.1, -0.05) is 81.4 Å². The molecule has 2 aromatic rings. The molecule has 2 aromatic carbocycles. The number of carbonyl (C=O) groups excluding carboxylic acids is 4. The summed E-state index contributed by atoms with van der Waals surface area (Å²) in [6, 6.07) is 18.5. The summed E-state index contributed by atoms with van der Waals surface area (Å²) in [5, 5.41) is 33.1. The second kappa shape index (κ2) is 18.3. The van der Waals surface area contributed by atoms with Crippen LogP contribution in [0.1, 0.15) is 135 Å². The number of aliphatic hydroxyl groups is 2.